The lowest BCUT2D eigenvalue weighted by molar-refractivity contribution is -0.134. The van der Waals surface area contributed by atoms with Crippen LogP contribution in [0.15, 0.2) is 24.3 Å². The number of nitrogens with zero attached hydrogens (tertiary/aromatic N) is 1. The van der Waals surface area contributed by atoms with Crippen LogP contribution < -0.4 is 0 Å². The van der Waals surface area contributed by atoms with Gasteiger partial charge in [-0.1, -0.05) is 0 Å². The molecule has 2 aliphatic heterocycles. The molecule has 2 fully saturated rings. The van der Waals surface area contributed by atoms with E-state index in [0.717, 1.165) is 52.0 Å². The van der Waals surface area contributed by atoms with E-state index in [9.17, 15) is 14.0 Å². The van der Waals surface area contributed by atoms with Crippen LogP contribution in [0, 0.1) is 11.2 Å². The summed E-state index contributed by atoms with van der Waals surface area (Å²) in [5.41, 5.74) is 0.822. The summed E-state index contributed by atoms with van der Waals surface area (Å²) >= 11 is 0. The molecular weight excluding hydrogens is 309 g/mol. The Labute approximate surface area is 142 Å². The Balaban J connectivity index is 1.46. The predicted octanol–water partition coefficient (Wildman–Crippen LogP) is 3.21. The molecule has 0 bridgehead atoms. The number of likely N-dealkylation sites (tertiary alicyclic amines) is 1. The van der Waals surface area contributed by atoms with Crippen LogP contribution in [0.25, 0.3) is 0 Å². The maximum absolute atomic E-state index is 12.9. The van der Waals surface area contributed by atoms with Gasteiger partial charge in [0, 0.05) is 44.7 Å². The minimum atomic E-state index is -0.363. The van der Waals surface area contributed by atoms with Crippen LogP contribution in [0.1, 0.15) is 48.9 Å². The number of hydrogen-bond acceptors (Lipinski definition) is 3. The molecule has 2 saturated heterocycles. The molecule has 1 amide bonds. The van der Waals surface area contributed by atoms with Crippen molar-refractivity contribution in [3.8, 4) is 0 Å². The molecule has 2 aliphatic rings. The van der Waals surface area contributed by atoms with Gasteiger partial charge in [-0.05, 0) is 55.4 Å². The quantitative estimate of drug-likeness (QED) is 0.795. The Kier molecular flexibility index (Phi) is 5.29. The highest BCUT2D eigenvalue weighted by Crippen LogP contribution is 2.40. The van der Waals surface area contributed by atoms with Gasteiger partial charge in [-0.15, -0.1) is 0 Å². The van der Waals surface area contributed by atoms with Crippen LogP contribution in [0.3, 0.4) is 0 Å². The van der Waals surface area contributed by atoms with Gasteiger partial charge in [0.2, 0.25) is 5.91 Å². The third-order valence-electron chi connectivity index (χ3n) is 5.46. The van der Waals surface area contributed by atoms with Gasteiger partial charge < -0.3 is 9.64 Å². The summed E-state index contributed by atoms with van der Waals surface area (Å²) in [7, 11) is 0. The van der Waals surface area contributed by atoms with E-state index in [-0.39, 0.29) is 30.3 Å². The van der Waals surface area contributed by atoms with E-state index in [4.69, 9.17) is 4.74 Å². The van der Waals surface area contributed by atoms with E-state index in [2.05, 4.69) is 0 Å². The second-order valence-corrected chi connectivity index (χ2v) is 6.92. The van der Waals surface area contributed by atoms with Crippen molar-refractivity contribution in [2.45, 2.75) is 38.5 Å². The highest BCUT2D eigenvalue weighted by molar-refractivity contribution is 5.97. The Bertz CT molecular complexity index is 583. The fraction of sp³-hybridized carbons (Fsp3) is 0.579. The molecular formula is C19H24FNO3. The Morgan fingerprint density at radius 3 is 2.25 bits per heavy atom. The topological polar surface area (TPSA) is 46.6 Å². The molecule has 0 N–H and O–H groups in total. The van der Waals surface area contributed by atoms with Crippen molar-refractivity contribution < 1.29 is 18.7 Å². The highest BCUT2D eigenvalue weighted by atomic mass is 19.1. The zero-order valence-corrected chi connectivity index (χ0v) is 13.9. The molecule has 0 unspecified atom stereocenters. The largest absolute Gasteiger partial charge is 0.381 e. The third-order valence-corrected chi connectivity index (χ3v) is 5.46. The van der Waals surface area contributed by atoms with Gasteiger partial charge in [0.15, 0.2) is 5.78 Å². The lowest BCUT2D eigenvalue weighted by Gasteiger charge is -2.44. The second-order valence-electron chi connectivity index (χ2n) is 6.92. The van der Waals surface area contributed by atoms with Gasteiger partial charge in [-0.2, -0.15) is 0 Å². The van der Waals surface area contributed by atoms with Gasteiger partial charge in [0.05, 0.1) is 0 Å². The first-order valence-corrected chi connectivity index (χ1v) is 8.72. The average Bonchev–Trinajstić information content (AvgIpc) is 2.61. The molecule has 4 nitrogen and oxygen atoms in total. The van der Waals surface area contributed by atoms with Gasteiger partial charge in [-0.25, -0.2) is 4.39 Å². The zero-order valence-electron chi connectivity index (χ0n) is 13.9. The molecule has 0 aliphatic carbocycles. The maximum Gasteiger partial charge on any atom is 0.223 e. The van der Waals surface area contributed by atoms with Crippen molar-refractivity contribution in [3.05, 3.63) is 35.6 Å². The van der Waals surface area contributed by atoms with Crippen LogP contribution in [-0.2, 0) is 9.53 Å². The Hall–Kier alpha value is -1.75. The van der Waals surface area contributed by atoms with E-state index in [1.807, 2.05) is 4.90 Å². The predicted molar refractivity (Wildman–Crippen MR) is 88.3 cm³/mol. The number of piperidine rings is 1. The van der Waals surface area contributed by atoms with E-state index in [1.165, 1.54) is 24.3 Å². The summed E-state index contributed by atoms with van der Waals surface area (Å²) in [5, 5.41) is 0. The van der Waals surface area contributed by atoms with E-state index >= 15 is 0 Å². The maximum atomic E-state index is 12.9. The summed E-state index contributed by atoms with van der Waals surface area (Å²) in [6.07, 6.45) is 4.67. The summed E-state index contributed by atoms with van der Waals surface area (Å²) in [4.78, 5) is 26.3. The smallest absolute Gasteiger partial charge is 0.223 e. The first-order chi connectivity index (χ1) is 11.6. The first kappa shape index (κ1) is 17.1. The monoisotopic (exact) mass is 333 g/mol. The first-order valence-electron chi connectivity index (χ1n) is 8.72. The SMILES string of the molecule is O=C(CCC(=O)N1CCC2(CCOCC2)CC1)c1ccc(F)cc1. The molecule has 0 radical (unpaired) electrons. The fourth-order valence-corrected chi connectivity index (χ4v) is 3.69. The van der Waals surface area contributed by atoms with Gasteiger partial charge >= 0.3 is 0 Å². The van der Waals surface area contributed by atoms with E-state index < -0.39 is 0 Å². The molecule has 5 heteroatoms. The number of hydrogen-bond donors (Lipinski definition) is 0. The number of ether oxygens (including phenoxy) is 1. The van der Waals surface area contributed by atoms with Crippen molar-refractivity contribution >= 4 is 11.7 Å². The van der Waals surface area contributed by atoms with E-state index in [1.54, 1.807) is 0 Å². The number of Topliss-reactive ketones (excluding diaryl/α,β-unsaturated/α-hetero) is 1. The standard InChI is InChI=1S/C19H24FNO3/c20-16-3-1-15(2-4-16)17(22)5-6-18(23)21-11-7-19(8-12-21)9-13-24-14-10-19/h1-4H,5-14H2. The van der Waals surface area contributed by atoms with Crippen molar-refractivity contribution in [2.75, 3.05) is 26.3 Å². The summed E-state index contributed by atoms with van der Waals surface area (Å²) in [6, 6.07) is 5.48. The summed E-state index contributed by atoms with van der Waals surface area (Å²) in [5.74, 6) is -0.424. The third kappa shape index (κ3) is 4.01. The van der Waals surface area contributed by atoms with Crippen molar-refractivity contribution in [1.82, 2.24) is 4.90 Å². The minimum absolute atomic E-state index is 0.0485. The normalized spacial score (nSPS) is 20.1. The van der Waals surface area contributed by atoms with Crippen LogP contribution in [0.2, 0.25) is 0 Å². The number of carbonyl (C=O) groups is 2. The van der Waals surface area contributed by atoms with Crippen molar-refractivity contribution in [1.29, 1.82) is 0 Å². The second kappa shape index (κ2) is 7.43. The zero-order chi connectivity index (χ0) is 17.0. The molecule has 130 valence electrons. The number of halogens is 1. The fourth-order valence-electron chi connectivity index (χ4n) is 3.69. The molecule has 2 heterocycles. The van der Waals surface area contributed by atoms with Gasteiger partial charge in [-0.3, -0.25) is 9.59 Å². The highest BCUT2D eigenvalue weighted by Gasteiger charge is 2.37. The molecule has 1 aromatic carbocycles. The number of rotatable bonds is 4. The average molecular weight is 333 g/mol. The van der Waals surface area contributed by atoms with Crippen molar-refractivity contribution in [2.24, 2.45) is 5.41 Å². The Morgan fingerprint density at radius 1 is 1.00 bits per heavy atom. The van der Waals surface area contributed by atoms with Crippen LogP contribution >= 0.6 is 0 Å². The van der Waals surface area contributed by atoms with E-state index in [0.29, 0.717) is 11.0 Å². The number of benzene rings is 1. The molecule has 1 aromatic rings. The van der Waals surface area contributed by atoms with Gasteiger partial charge in [0.25, 0.3) is 0 Å². The molecule has 0 saturated carbocycles. The Morgan fingerprint density at radius 2 is 1.62 bits per heavy atom. The summed E-state index contributed by atoms with van der Waals surface area (Å²) in [6.45, 7) is 3.23. The summed E-state index contributed by atoms with van der Waals surface area (Å²) < 4.78 is 18.3. The van der Waals surface area contributed by atoms with Crippen LogP contribution in [0.5, 0.6) is 0 Å². The number of carbonyl (C=O) groups excluding carboxylic acids is 2. The lowest BCUT2D eigenvalue weighted by Crippen LogP contribution is -2.45. The number of ketones is 1. The minimum Gasteiger partial charge on any atom is -0.381 e. The van der Waals surface area contributed by atoms with Gasteiger partial charge in [0.1, 0.15) is 5.82 Å². The molecule has 1 spiro atoms. The lowest BCUT2D eigenvalue weighted by atomic mass is 9.72. The van der Waals surface area contributed by atoms with Crippen LogP contribution in [0.4, 0.5) is 4.39 Å². The molecule has 0 atom stereocenters. The van der Waals surface area contributed by atoms with Crippen LogP contribution in [-0.4, -0.2) is 42.9 Å². The van der Waals surface area contributed by atoms with Crippen molar-refractivity contribution in [3.63, 3.8) is 0 Å². The molecule has 3 rings (SSSR count). The molecule has 0 aromatic heterocycles. The molecule has 24 heavy (non-hydrogen) atoms. The number of amides is 1.